The maximum absolute atomic E-state index is 14.1. The molecule has 1 fully saturated rings. The van der Waals surface area contributed by atoms with E-state index in [9.17, 15) is 39.9 Å². The van der Waals surface area contributed by atoms with Crippen LogP contribution in [0, 0.1) is 11.3 Å². The molecule has 4 rings (SSSR count). The third-order valence-corrected chi connectivity index (χ3v) is 11.2. The van der Waals surface area contributed by atoms with Crippen LogP contribution >= 0.6 is 0 Å². The summed E-state index contributed by atoms with van der Waals surface area (Å²) < 4.78 is 6.61. The molecule has 280 valence electrons. The number of ether oxygens (including phenoxy) is 1. The normalized spacial score (nSPS) is 26.0. The molecule has 0 spiro atoms. The second-order valence-electron chi connectivity index (χ2n) is 16.3. The van der Waals surface area contributed by atoms with Gasteiger partial charge < -0.3 is 30.3 Å². The summed E-state index contributed by atoms with van der Waals surface area (Å²) in [5.41, 5.74) is -1.79. The fourth-order valence-corrected chi connectivity index (χ4v) is 8.18. The molecule has 4 unspecified atom stereocenters. The molecule has 0 amide bonds. The Hall–Kier alpha value is -3.85. The number of aliphatic hydroxyl groups excluding tert-OH is 2. The first-order chi connectivity index (χ1) is 23.7. The Morgan fingerprint density at radius 3 is 2.14 bits per heavy atom. The minimum atomic E-state index is -1.61. The first kappa shape index (κ1) is 39.9. The summed E-state index contributed by atoms with van der Waals surface area (Å²) in [6.45, 7) is 16.7. The third kappa shape index (κ3) is 7.69. The molecule has 0 bridgehead atoms. The Morgan fingerprint density at radius 2 is 1.53 bits per heavy atom. The average Bonchev–Trinajstić information content (AvgIpc) is 3.01. The minimum Gasteiger partial charge on any atom is -0.511 e. The van der Waals surface area contributed by atoms with Crippen LogP contribution < -0.4 is 4.74 Å². The molecular weight excluding hydrogens is 648 g/mol. The van der Waals surface area contributed by atoms with Crippen LogP contribution in [0.5, 0.6) is 17.2 Å². The van der Waals surface area contributed by atoms with Crippen molar-refractivity contribution in [2.75, 3.05) is 0 Å². The maximum Gasteiger partial charge on any atom is 0.183 e. The zero-order valence-electron chi connectivity index (χ0n) is 32.0. The predicted octanol–water partition coefficient (Wildman–Crippen LogP) is 9.09. The van der Waals surface area contributed by atoms with Crippen molar-refractivity contribution < 1.29 is 44.7 Å². The summed E-state index contributed by atoms with van der Waals surface area (Å²) in [7, 11) is 0. The molecule has 1 saturated carbocycles. The maximum atomic E-state index is 14.1. The Balaban J connectivity index is 1.99. The van der Waals surface area contributed by atoms with Gasteiger partial charge in [-0.2, -0.15) is 0 Å². The Bertz CT molecular complexity index is 1710. The molecule has 0 radical (unpaired) electrons. The number of allylic oxidation sites excluding steroid dienone is 7. The lowest BCUT2D eigenvalue weighted by Gasteiger charge is -2.51. The Labute approximate surface area is 302 Å². The van der Waals surface area contributed by atoms with Crippen LogP contribution in [0.15, 0.2) is 46.0 Å². The van der Waals surface area contributed by atoms with Gasteiger partial charge in [0, 0.05) is 47.8 Å². The van der Waals surface area contributed by atoms with E-state index in [0.29, 0.717) is 31.2 Å². The number of aliphatic hydroxyl groups is 3. The standard InChI is InChI=1S/C42H58O9/c1-10-13-29(43)32-34(45)25(37-31(36(32)47)27-22-41(8,50)19-18-28(27)40(6,7)51-37)21-26-35(46)33(30(44)14-11-2)39(49)42(9,38(26)48)20-17-24(5)16-12-15-23(3)4/h15,17,27-28,45-48,50H,10-14,16,18-22H2,1-9H3. The van der Waals surface area contributed by atoms with Gasteiger partial charge in [-0.3, -0.25) is 14.4 Å². The molecule has 1 heterocycles. The lowest BCUT2D eigenvalue weighted by molar-refractivity contribution is -0.127. The van der Waals surface area contributed by atoms with Crippen molar-refractivity contribution in [1.29, 1.82) is 0 Å². The van der Waals surface area contributed by atoms with Gasteiger partial charge in [0.1, 0.15) is 45.5 Å². The van der Waals surface area contributed by atoms with Gasteiger partial charge in [0.2, 0.25) is 0 Å². The van der Waals surface area contributed by atoms with Crippen LogP contribution in [0.25, 0.3) is 0 Å². The van der Waals surface area contributed by atoms with E-state index >= 15 is 0 Å². The van der Waals surface area contributed by atoms with Crippen LogP contribution in [0.3, 0.4) is 0 Å². The lowest BCUT2D eigenvalue weighted by Crippen LogP contribution is -2.50. The fraction of sp³-hybridized carbons (Fsp3) is 0.595. The molecule has 5 N–H and O–H groups in total. The van der Waals surface area contributed by atoms with Crippen LogP contribution in [-0.4, -0.2) is 54.1 Å². The highest BCUT2D eigenvalue weighted by Gasteiger charge is 2.53. The van der Waals surface area contributed by atoms with Crippen LogP contribution in [0.2, 0.25) is 0 Å². The first-order valence-corrected chi connectivity index (χ1v) is 18.5. The summed E-state index contributed by atoms with van der Waals surface area (Å²) in [5.74, 6) is -4.27. The van der Waals surface area contributed by atoms with Gasteiger partial charge in [-0.15, -0.1) is 0 Å². The molecule has 1 aromatic rings. The van der Waals surface area contributed by atoms with Crippen molar-refractivity contribution in [2.45, 2.75) is 150 Å². The molecule has 4 atom stereocenters. The summed E-state index contributed by atoms with van der Waals surface area (Å²) in [5, 5.41) is 58.5. The molecule has 0 saturated heterocycles. The SMILES string of the molecule is CCCC(=O)C1=C(O)C(Cc2c(O)c(C(=O)CCC)c(O)c3c2OC(C)(C)C2CCC(C)(O)CC32)=C(O)C(C)(CC=C(C)CCC=C(C)C)C1=O. The summed E-state index contributed by atoms with van der Waals surface area (Å²) in [6, 6.07) is 0. The highest BCUT2D eigenvalue weighted by molar-refractivity contribution is 6.24. The molecule has 2 aliphatic carbocycles. The van der Waals surface area contributed by atoms with Crippen molar-refractivity contribution in [3.8, 4) is 17.2 Å². The molecule has 9 nitrogen and oxygen atoms in total. The van der Waals surface area contributed by atoms with Crippen LogP contribution in [0.4, 0.5) is 0 Å². The van der Waals surface area contributed by atoms with E-state index in [2.05, 4.69) is 6.08 Å². The lowest BCUT2D eigenvalue weighted by atomic mass is 9.62. The van der Waals surface area contributed by atoms with Gasteiger partial charge in [-0.25, -0.2) is 0 Å². The largest absolute Gasteiger partial charge is 0.511 e. The van der Waals surface area contributed by atoms with Crippen molar-refractivity contribution >= 4 is 17.3 Å². The highest BCUT2D eigenvalue weighted by atomic mass is 16.5. The van der Waals surface area contributed by atoms with Gasteiger partial charge in [0.05, 0.1) is 11.0 Å². The van der Waals surface area contributed by atoms with E-state index in [0.717, 1.165) is 18.4 Å². The van der Waals surface area contributed by atoms with E-state index < -0.39 is 74.9 Å². The topological polar surface area (TPSA) is 162 Å². The molecular formula is C42H58O9. The van der Waals surface area contributed by atoms with Gasteiger partial charge in [-0.1, -0.05) is 37.1 Å². The zero-order valence-corrected chi connectivity index (χ0v) is 32.0. The second-order valence-corrected chi connectivity index (χ2v) is 16.3. The smallest absolute Gasteiger partial charge is 0.183 e. The predicted molar refractivity (Wildman–Crippen MR) is 198 cm³/mol. The Kier molecular flexibility index (Phi) is 11.8. The number of fused-ring (bicyclic) bond motifs is 3. The number of ketones is 3. The fourth-order valence-electron chi connectivity index (χ4n) is 8.18. The van der Waals surface area contributed by atoms with Crippen molar-refractivity contribution in [2.24, 2.45) is 11.3 Å². The summed E-state index contributed by atoms with van der Waals surface area (Å²) in [6.07, 6.45) is 7.50. The van der Waals surface area contributed by atoms with Gasteiger partial charge in [0.25, 0.3) is 0 Å². The molecule has 9 heteroatoms. The number of carbonyl (C=O) groups excluding carboxylic acids is 3. The molecule has 1 aliphatic heterocycles. The number of phenols is 2. The molecule has 0 aromatic heterocycles. The second kappa shape index (κ2) is 15.0. The molecule has 51 heavy (non-hydrogen) atoms. The van der Waals surface area contributed by atoms with Gasteiger partial charge in [-0.05, 0) is 99.8 Å². The number of rotatable bonds is 13. The number of carbonyl (C=O) groups is 3. The van der Waals surface area contributed by atoms with E-state index in [4.69, 9.17) is 4.74 Å². The van der Waals surface area contributed by atoms with E-state index in [1.165, 1.54) is 5.57 Å². The highest BCUT2D eigenvalue weighted by Crippen LogP contribution is 2.60. The summed E-state index contributed by atoms with van der Waals surface area (Å²) >= 11 is 0. The van der Waals surface area contributed by atoms with Crippen molar-refractivity contribution in [3.05, 3.63) is 62.7 Å². The number of hydrogen-bond donors (Lipinski definition) is 5. The number of hydrogen-bond acceptors (Lipinski definition) is 9. The zero-order chi connectivity index (χ0) is 38.2. The number of aromatic hydroxyl groups is 2. The third-order valence-electron chi connectivity index (χ3n) is 11.2. The quantitative estimate of drug-likeness (QED) is 0.0765. The van der Waals surface area contributed by atoms with E-state index in [-0.39, 0.29) is 54.1 Å². The number of phenolic OH excluding ortho intramolecular Hbond substituents is 2. The van der Waals surface area contributed by atoms with Crippen molar-refractivity contribution in [1.82, 2.24) is 0 Å². The number of benzene rings is 1. The van der Waals surface area contributed by atoms with Gasteiger partial charge in [0.15, 0.2) is 17.3 Å². The monoisotopic (exact) mass is 706 g/mol. The molecule has 1 aromatic carbocycles. The van der Waals surface area contributed by atoms with Gasteiger partial charge >= 0.3 is 0 Å². The van der Waals surface area contributed by atoms with E-state index in [1.54, 1.807) is 20.8 Å². The van der Waals surface area contributed by atoms with E-state index in [1.807, 2.05) is 47.6 Å². The summed E-state index contributed by atoms with van der Waals surface area (Å²) in [4.78, 5) is 41.1. The van der Waals surface area contributed by atoms with Crippen LogP contribution in [0.1, 0.15) is 154 Å². The Morgan fingerprint density at radius 1 is 0.902 bits per heavy atom. The number of Topliss-reactive ketones (excluding diaryl/α,β-unsaturated/α-hetero) is 3. The average molecular weight is 707 g/mol. The first-order valence-electron chi connectivity index (χ1n) is 18.5. The van der Waals surface area contributed by atoms with Crippen molar-refractivity contribution in [3.63, 3.8) is 0 Å². The molecule has 3 aliphatic rings. The van der Waals surface area contributed by atoms with Crippen LogP contribution in [-0.2, 0) is 16.0 Å². The minimum absolute atomic E-state index is 0.00263.